The SMILES string of the molecule is CC(C)(C)CCN1CCC(CNC(=O)c2cc(F)cc(Cl)c2)C(F)C1. The summed E-state index contributed by atoms with van der Waals surface area (Å²) in [7, 11) is 0. The van der Waals surface area contributed by atoms with Crippen LogP contribution in [-0.4, -0.2) is 43.2 Å². The summed E-state index contributed by atoms with van der Waals surface area (Å²) in [4.78, 5) is 14.3. The maximum atomic E-state index is 14.4. The largest absolute Gasteiger partial charge is 0.352 e. The van der Waals surface area contributed by atoms with Crippen molar-refractivity contribution in [3.05, 3.63) is 34.6 Å². The number of nitrogens with one attached hydrogen (secondary N) is 1. The van der Waals surface area contributed by atoms with Crippen molar-refractivity contribution in [1.82, 2.24) is 10.2 Å². The summed E-state index contributed by atoms with van der Waals surface area (Å²) in [5, 5.41) is 2.87. The van der Waals surface area contributed by atoms with Crippen LogP contribution in [0.25, 0.3) is 0 Å². The first-order valence-corrected chi connectivity index (χ1v) is 9.12. The van der Waals surface area contributed by atoms with Gasteiger partial charge in [0.25, 0.3) is 5.91 Å². The van der Waals surface area contributed by atoms with Crippen LogP contribution in [0.5, 0.6) is 0 Å². The van der Waals surface area contributed by atoms with Crippen molar-refractivity contribution < 1.29 is 13.6 Å². The van der Waals surface area contributed by atoms with E-state index in [-0.39, 0.29) is 28.5 Å². The second-order valence-corrected chi connectivity index (χ2v) is 8.48. The average Bonchev–Trinajstić information content (AvgIpc) is 2.50. The number of piperidine rings is 1. The molecule has 1 aromatic rings. The fourth-order valence-electron chi connectivity index (χ4n) is 2.95. The zero-order chi connectivity index (χ0) is 18.6. The molecule has 1 heterocycles. The number of carbonyl (C=O) groups is 1. The van der Waals surface area contributed by atoms with Gasteiger partial charge < -0.3 is 10.2 Å². The van der Waals surface area contributed by atoms with Crippen molar-refractivity contribution in [2.45, 2.75) is 39.8 Å². The molecule has 2 atom stereocenters. The molecular weight excluding hydrogens is 346 g/mol. The Kier molecular flexibility index (Phi) is 6.80. The maximum Gasteiger partial charge on any atom is 0.251 e. The number of benzene rings is 1. The van der Waals surface area contributed by atoms with Gasteiger partial charge in [-0.2, -0.15) is 0 Å². The fraction of sp³-hybridized carbons (Fsp3) is 0.632. The fourth-order valence-corrected chi connectivity index (χ4v) is 3.18. The van der Waals surface area contributed by atoms with Crippen LogP contribution in [0.3, 0.4) is 0 Å². The van der Waals surface area contributed by atoms with Gasteiger partial charge in [-0.1, -0.05) is 32.4 Å². The van der Waals surface area contributed by atoms with Gasteiger partial charge in [-0.3, -0.25) is 4.79 Å². The number of hydrogen-bond acceptors (Lipinski definition) is 2. The highest BCUT2D eigenvalue weighted by atomic mass is 35.5. The van der Waals surface area contributed by atoms with Gasteiger partial charge in [0.05, 0.1) is 0 Å². The molecule has 2 rings (SSSR count). The minimum Gasteiger partial charge on any atom is -0.352 e. The number of hydrogen-bond donors (Lipinski definition) is 1. The van der Waals surface area contributed by atoms with Crippen LogP contribution in [-0.2, 0) is 0 Å². The van der Waals surface area contributed by atoms with Crippen molar-refractivity contribution in [2.75, 3.05) is 26.2 Å². The Labute approximate surface area is 153 Å². The first-order valence-electron chi connectivity index (χ1n) is 8.75. The average molecular weight is 373 g/mol. The molecular formula is C19H27ClF2N2O. The van der Waals surface area contributed by atoms with E-state index in [1.54, 1.807) is 0 Å². The van der Waals surface area contributed by atoms with E-state index in [1.807, 2.05) is 0 Å². The predicted molar refractivity (Wildman–Crippen MR) is 97.3 cm³/mol. The minimum absolute atomic E-state index is 0.156. The Morgan fingerprint density at radius 3 is 2.68 bits per heavy atom. The number of amides is 1. The molecule has 0 bridgehead atoms. The van der Waals surface area contributed by atoms with E-state index >= 15 is 0 Å². The normalized spacial score (nSPS) is 22.0. The molecule has 140 valence electrons. The van der Waals surface area contributed by atoms with Gasteiger partial charge >= 0.3 is 0 Å². The number of alkyl halides is 1. The monoisotopic (exact) mass is 372 g/mol. The van der Waals surface area contributed by atoms with Gasteiger partial charge in [-0.25, -0.2) is 8.78 Å². The summed E-state index contributed by atoms with van der Waals surface area (Å²) in [5.41, 5.74) is 0.395. The summed E-state index contributed by atoms with van der Waals surface area (Å²) in [5.74, 6) is -1.20. The third-order valence-corrected chi connectivity index (χ3v) is 4.81. The van der Waals surface area contributed by atoms with E-state index in [1.165, 1.54) is 6.07 Å². The third kappa shape index (κ3) is 6.55. The molecule has 1 N–H and O–H groups in total. The van der Waals surface area contributed by atoms with Crippen LogP contribution in [0.1, 0.15) is 44.0 Å². The molecule has 2 unspecified atom stereocenters. The standard InChI is InChI=1S/C19H27ClF2N2O/c1-19(2,3)5-7-24-6-4-13(17(22)12-24)11-23-18(25)14-8-15(20)10-16(21)9-14/h8-10,13,17H,4-7,11-12H2,1-3H3,(H,23,25). The summed E-state index contributed by atoms with van der Waals surface area (Å²) < 4.78 is 27.7. The van der Waals surface area contributed by atoms with Gasteiger partial charge in [-0.15, -0.1) is 0 Å². The molecule has 0 spiro atoms. The molecule has 0 aromatic heterocycles. The second kappa shape index (κ2) is 8.45. The minimum atomic E-state index is -0.967. The first-order chi connectivity index (χ1) is 11.6. The highest BCUT2D eigenvalue weighted by Gasteiger charge is 2.30. The van der Waals surface area contributed by atoms with E-state index in [9.17, 15) is 13.6 Å². The molecule has 0 saturated carbocycles. The lowest BCUT2D eigenvalue weighted by Crippen LogP contribution is -2.46. The molecule has 1 aliphatic rings. The van der Waals surface area contributed by atoms with Crippen LogP contribution in [0, 0.1) is 17.2 Å². The Balaban J connectivity index is 1.81. The molecule has 6 heteroatoms. The van der Waals surface area contributed by atoms with Gasteiger partial charge in [0.2, 0.25) is 0 Å². The van der Waals surface area contributed by atoms with Gasteiger partial charge in [-0.05, 0) is 49.5 Å². The molecule has 1 aliphatic heterocycles. The first kappa shape index (κ1) is 20.1. The van der Waals surface area contributed by atoms with E-state index < -0.39 is 17.9 Å². The van der Waals surface area contributed by atoms with Crippen LogP contribution in [0.4, 0.5) is 8.78 Å². The topological polar surface area (TPSA) is 32.3 Å². The molecule has 1 amide bonds. The maximum absolute atomic E-state index is 14.4. The van der Waals surface area contributed by atoms with E-state index in [0.717, 1.165) is 31.6 Å². The molecule has 1 aromatic carbocycles. The van der Waals surface area contributed by atoms with E-state index in [2.05, 4.69) is 31.0 Å². The number of likely N-dealkylation sites (tertiary alicyclic amines) is 1. The Morgan fingerprint density at radius 1 is 1.36 bits per heavy atom. The Hall–Kier alpha value is -1.20. The molecule has 0 aliphatic carbocycles. The summed E-state index contributed by atoms with van der Waals surface area (Å²) in [6.45, 7) is 8.93. The molecule has 25 heavy (non-hydrogen) atoms. The zero-order valence-electron chi connectivity index (χ0n) is 15.1. The van der Waals surface area contributed by atoms with Crippen molar-refractivity contribution in [2.24, 2.45) is 11.3 Å². The molecule has 1 saturated heterocycles. The van der Waals surface area contributed by atoms with Crippen molar-refractivity contribution in [1.29, 1.82) is 0 Å². The number of carbonyl (C=O) groups excluding carboxylic acids is 1. The lowest BCUT2D eigenvalue weighted by Gasteiger charge is -2.36. The van der Waals surface area contributed by atoms with Crippen LogP contribution >= 0.6 is 11.6 Å². The number of halogens is 3. The van der Waals surface area contributed by atoms with Crippen LogP contribution < -0.4 is 5.32 Å². The highest BCUT2D eigenvalue weighted by Crippen LogP contribution is 2.24. The van der Waals surface area contributed by atoms with Gasteiger partial charge in [0.15, 0.2) is 0 Å². The highest BCUT2D eigenvalue weighted by molar-refractivity contribution is 6.31. The predicted octanol–water partition coefficient (Wildman–Crippen LogP) is 4.31. The number of nitrogens with zero attached hydrogens (tertiary/aromatic N) is 1. The second-order valence-electron chi connectivity index (χ2n) is 8.04. The number of rotatable bonds is 5. The summed E-state index contributed by atoms with van der Waals surface area (Å²) >= 11 is 5.76. The van der Waals surface area contributed by atoms with Crippen molar-refractivity contribution in [3.63, 3.8) is 0 Å². The lowest BCUT2D eigenvalue weighted by atomic mass is 9.90. The summed E-state index contributed by atoms with van der Waals surface area (Å²) in [6, 6.07) is 3.68. The van der Waals surface area contributed by atoms with Gasteiger partial charge in [0.1, 0.15) is 12.0 Å². The Morgan fingerprint density at radius 2 is 2.08 bits per heavy atom. The molecule has 0 radical (unpaired) electrons. The molecule has 3 nitrogen and oxygen atoms in total. The summed E-state index contributed by atoms with van der Waals surface area (Å²) in [6.07, 6.45) is 0.766. The van der Waals surface area contributed by atoms with E-state index in [0.29, 0.717) is 13.0 Å². The molecule has 1 fully saturated rings. The van der Waals surface area contributed by atoms with E-state index in [4.69, 9.17) is 11.6 Å². The van der Waals surface area contributed by atoms with Crippen molar-refractivity contribution >= 4 is 17.5 Å². The van der Waals surface area contributed by atoms with Gasteiger partial charge in [0, 0.05) is 29.6 Å². The quantitative estimate of drug-likeness (QED) is 0.835. The smallest absolute Gasteiger partial charge is 0.251 e. The zero-order valence-corrected chi connectivity index (χ0v) is 15.9. The lowest BCUT2D eigenvalue weighted by molar-refractivity contribution is 0.0724. The Bertz CT molecular complexity index is 583. The van der Waals surface area contributed by atoms with Crippen LogP contribution in [0.2, 0.25) is 5.02 Å². The van der Waals surface area contributed by atoms with Crippen LogP contribution in [0.15, 0.2) is 18.2 Å². The van der Waals surface area contributed by atoms with Crippen molar-refractivity contribution in [3.8, 4) is 0 Å². The third-order valence-electron chi connectivity index (χ3n) is 4.59.